The predicted octanol–water partition coefficient (Wildman–Crippen LogP) is 3.80. The van der Waals surface area contributed by atoms with E-state index in [9.17, 15) is 0 Å². The molecule has 0 amide bonds. The highest BCUT2D eigenvalue weighted by molar-refractivity contribution is 7.18. The number of aryl methyl sites for hydroxylation is 2. The summed E-state index contributed by atoms with van der Waals surface area (Å²) in [6.07, 6.45) is 0. The third kappa shape index (κ3) is 3.78. The van der Waals surface area contributed by atoms with Gasteiger partial charge in [-0.15, -0.1) is 11.3 Å². The van der Waals surface area contributed by atoms with Crippen LogP contribution in [0.3, 0.4) is 0 Å². The molecule has 1 aliphatic rings. The molecule has 0 spiro atoms. The van der Waals surface area contributed by atoms with Crippen molar-refractivity contribution in [1.82, 2.24) is 14.9 Å². The van der Waals surface area contributed by atoms with Gasteiger partial charge in [0.15, 0.2) is 0 Å². The van der Waals surface area contributed by atoms with Crippen LogP contribution in [0.1, 0.15) is 21.8 Å². The summed E-state index contributed by atoms with van der Waals surface area (Å²) in [5.74, 6) is 1.91. The molecule has 138 valence electrons. The second-order valence-electron chi connectivity index (χ2n) is 6.54. The molecule has 4 rings (SSSR count). The Labute approximate surface area is 162 Å². The average molecular weight is 380 g/mol. The quantitative estimate of drug-likeness (QED) is 0.685. The Bertz CT molecular complexity index is 1020. The molecule has 2 aromatic heterocycles. The first-order chi connectivity index (χ1) is 13.1. The van der Waals surface area contributed by atoms with E-state index in [1.807, 2.05) is 12.1 Å². The van der Waals surface area contributed by atoms with Crippen molar-refractivity contribution in [2.24, 2.45) is 0 Å². The van der Waals surface area contributed by atoms with E-state index < -0.39 is 0 Å². The van der Waals surface area contributed by atoms with Gasteiger partial charge in [0.05, 0.1) is 36.8 Å². The topological polar surface area (TPSA) is 71.3 Å². The normalized spacial score (nSPS) is 15.0. The van der Waals surface area contributed by atoms with E-state index in [4.69, 9.17) is 24.7 Å². The lowest BCUT2D eigenvalue weighted by atomic mass is 10.2. The van der Waals surface area contributed by atoms with Gasteiger partial charge < -0.3 is 9.47 Å². The Kier molecular flexibility index (Phi) is 5.03. The molecule has 0 N–H and O–H groups in total. The maximum absolute atomic E-state index is 9.13. The summed E-state index contributed by atoms with van der Waals surface area (Å²) in [7, 11) is 0. The summed E-state index contributed by atoms with van der Waals surface area (Å²) in [5.41, 5.74) is 1.70. The number of nitriles is 1. The Balaban J connectivity index is 1.73. The Morgan fingerprint density at radius 2 is 2.07 bits per heavy atom. The van der Waals surface area contributed by atoms with Crippen LogP contribution in [0.15, 0.2) is 24.3 Å². The molecule has 0 bridgehead atoms. The van der Waals surface area contributed by atoms with Gasteiger partial charge in [0.2, 0.25) is 5.88 Å². The monoisotopic (exact) mass is 380 g/mol. The molecule has 0 saturated carbocycles. The number of rotatable bonds is 4. The fraction of sp³-hybridized carbons (Fsp3) is 0.350. The number of hydrogen-bond acceptors (Lipinski definition) is 7. The van der Waals surface area contributed by atoms with E-state index in [1.165, 1.54) is 4.88 Å². The smallest absolute Gasteiger partial charge is 0.231 e. The zero-order valence-corrected chi connectivity index (χ0v) is 16.2. The summed E-state index contributed by atoms with van der Waals surface area (Å²) < 4.78 is 11.5. The van der Waals surface area contributed by atoms with Crippen LogP contribution in [0, 0.1) is 25.2 Å². The highest BCUT2D eigenvalue weighted by Gasteiger charge is 2.19. The second kappa shape index (κ2) is 7.61. The Morgan fingerprint density at radius 3 is 2.85 bits per heavy atom. The minimum Gasteiger partial charge on any atom is -0.438 e. The second-order valence-corrected chi connectivity index (χ2v) is 7.74. The minimum absolute atomic E-state index is 0.556. The van der Waals surface area contributed by atoms with E-state index in [1.54, 1.807) is 23.5 Å². The number of benzene rings is 1. The number of morpholine rings is 1. The van der Waals surface area contributed by atoms with Crippen LogP contribution in [-0.4, -0.2) is 41.2 Å². The van der Waals surface area contributed by atoms with Crippen molar-refractivity contribution in [3.05, 3.63) is 46.1 Å². The predicted molar refractivity (Wildman–Crippen MR) is 104 cm³/mol. The highest BCUT2D eigenvalue weighted by atomic mass is 32.1. The lowest BCUT2D eigenvalue weighted by Crippen LogP contribution is -2.36. The van der Waals surface area contributed by atoms with Gasteiger partial charge in [-0.2, -0.15) is 10.2 Å². The Hall–Kier alpha value is -2.53. The van der Waals surface area contributed by atoms with Crippen molar-refractivity contribution in [3.63, 3.8) is 0 Å². The standard InChI is InChI=1S/C20H20N4O2S/c1-13-14(2)27-20-18(13)19(26-16-5-3-4-15(10-16)11-21)22-17(23-20)12-24-6-8-25-9-7-24/h3-5,10H,6-9,12H2,1-2H3. The van der Waals surface area contributed by atoms with Gasteiger partial charge in [0, 0.05) is 18.0 Å². The Morgan fingerprint density at radius 1 is 1.26 bits per heavy atom. The number of nitrogens with zero attached hydrogens (tertiary/aromatic N) is 4. The van der Waals surface area contributed by atoms with E-state index >= 15 is 0 Å². The van der Waals surface area contributed by atoms with E-state index in [0.717, 1.165) is 47.9 Å². The third-order valence-corrected chi connectivity index (χ3v) is 5.79. The van der Waals surface area contributed by atoms with Gasteiger partial charge in [-0.1, -0.05) is 6.07 Å². The van der Waals surface area contributed by atoms with Crippen LogP contribution < -0.4 is 4.74 Å². The molecular weight excluding hydrogens is 360 g/mol. The molecule has 7 heteroatoms. The summed E-state index contributed by atoms with van der Waals surface area (Å²) in [4.78, 5) is 13.9. The molecule has 3 heterocycles. The third-order valence-electron chi connectivity index (χ3n) is 4.69. The molecular formula is C20H20N4O2S. The molecule has 1 aromatic carbocycles. The fourth-order valence-electron chi connectivity index (χ4n) is 3.10. The molecule has 6 nitrogen and oxygen atoms in total. The van der Waals surface area contributed by atoms with Crippen molar-refractivity contribution in [3.8, 4) is 17.7 Å². The molecule has 1 fully saturated rings. The fourth-order valence-corrected chi connectivity index (χ4v) is 4.14. The first kappa shape index (κ1) is 17.9. The van der Waals surface area contributed by atoms with Gasteiger partial charge in [0.25, 0.3) is 0 Å². The van der Waals surface area contributed by atoms with E-state index in [-0.39, 0.29) is 0 Å². The van der Waals surface area contributed by atoms with Crippen molar-refractivity contribution < 1.29 is 9.47 Å². The van der Waals surface area contributed by atoms with Crippen molar-refractivity contribution in [2.45, 2.75) is 20.4 Å². The molecule has 0 unspecified atom stereocenters. The van der Waals surface area contributed by atoms with Crippen LogP contribution in [0.2, 0.25) is 0 Å². The van der Waals surface area contributed by atoms with Crippen LogP contribution in [-0.2, 0) is 11.3 Å². The molecule has 0 aliphatic carbocycles. The number of thiophene rings is 1. The van der Waals surface area contributed by atoms with Crippen molar-refractivity contribution in [1.29, 1.82) is 5.26 Å². The minimum atomic E-state index is 0.556. The molecule has 0 radical (unpaired) electrons. The number of fused-ring (bicyclic) bond motifs is 1. The average Bonchev–Trinajstić information content (AvgIpc) is 2.97. The number of hydrogen-bond donors (Lipinski definition) is 0. The molecule has 1 aliphatic heterocycles. The van der Waals surface area contributed by atoms with Crippen molar-refractivity contribution in [2.75, 3.05) is 26.3 Å². The zero-order chi connectivity index (χ0) is 18.8. The molecule has 1 saturated heterocycles. The van der Waals surface area contributed by atoms with E-state index in [2.05, 4.69) is 24.8 Å². The van der Waals surface area contributed by atoms with Gasteiger partial charge in [0.1, 0.15) is 16.4 Å². The molecule has 3 aromatic rings. The van der Waals surface area contributed by atoms with Gasteiger partial charge >= 0.3 is 0 Å². The van der Waals surface area contributed by atoms with Crippen LogP contribution in [0.4, 0.5) is 0 Å². The molecule has 27 heavy (non-hydrogen) atoms. The summed E-state index contributed by atoms with van der Waals surface area (Å²) in [5, 5.41) is 10.1. The maximum atomic E-state index is 9.13. The van der Waals surface area contributed by atoms with Crippen molar-refractivity contribution >= 4 is 21.6 Å². The summed E-state index contributed by atoms with van der Waals surface area (Å²) >= 11 is 1.66. The lowest BCUT2D eigenvalue weighted by Gasteiger charge is -2.25. The largest absolute Gasteiger partial charge is 0.438 e. The van der Waals surface area contributed by atoms with Gasteiger partial charge in [-0.25, -0.2) is 4.98 Å². The van der Waals surface area contributed by atoms with Crippen LogP contribution in [0.5, 0.6) is 11.6 Å². The van der Waals surface area contributed by atoms with Crippen LogP contribution >= 0.6 is 11.3 Å². The number of ether oxygens (including phenoxy) is 2. The first-order valence-electron chi connectivity index (χ1n) is 8.89. The maximum Gasteiger partial charge on any atom is 0.231 e. The SMILES string of the molecule is Cc1sc2nc(CN3CCOCC3)nc(Oc3cccc(C#N)c3)c2c1C. The highest BCUT2D eigenvalue weighted by Crippen LogP contribution is 2.36. The van der Waals surface area contributed by atoms with Gasteiger partial charge in [-0.3, -0.25) is 4.90 Å². The first-order valence-corrected chi connectivity index (χ1v) is 9.70. The van der Waals surface area contributed by atoms with E-state index in [0.29, 0.717) is 23.7 Å². The molecule has 0 atom stereocenters. The number of aromatic nitrogens is 2. The lowest BCUT2D eigenvalue weighted by molar-refractivity contribution is 0.0330. The summed E-state index contributed by atoms with van der Waals surface area (Å²) in [6, 6.07) is 9.28. The zero-order valence-electron chi connectivity index (χ0n) is 15.4. The van der Waals surface area contributed by atoms with Gasteiger partial charge in [-0.05, 0) is 37.6 Å². The van der Waals surface area contributed by atoms with Crippen LogP contribution in [0.25, 0.3) is 10.2 Å². The summed E-state index contributed by atoms with van der Waals surface area (Å²) in [6.45, 7) is 8.06.